The summed E-state index contributed by atoms with van der Waals surface area (Å²) in [5.41, 5.74) is 2.69. The highest BCUT2D eigenvalue weighted by Gasteiger charge is 2.21. The molecule has 20 heavy (non-hydrogen) atoms. The lowest BCUT2D eigenvalue weighted by Gasteiger charge is -2.33. The topological polar surface area (TPSA) is 21.1 Å². The van der Waals surface area contributed by atoms with Crippen molar-refractivity contribution < 1.29 is 0 Å². The second kappa shape index (κ2) is 5.98. The smallest absolute Gasteiger partial charge is 0.0521 e. The van der Waals surface area contributed by atoms with Gasteiger partial charge in [-0.1, -0.05) is 23.7 Å². The number of likely N-dealkylation sites (tertiary alicyclic amines) is 1. The molecular formula is C16H20ClN3. The number of aromatic nitrogens is 2. The van der Waals surface area contributed by atoms with E-state index in [9.17, 15) is 0 Å². The van der Waals surface area contributed by atoms with E-state index < -0.39 is 0 Å². The number of halogens is 1. The molecule has 0 radical (unpaired) electrons. The summed E-state index contributed by atoms with van der Waals surface area (Å²) in [5.74, 6) is 0.620. The molecule has 2 heterocycles. The minimum atomic E-state index is 0.620. The van der Waals surface area contributed by atoms with Crippen LogP contribution < -0.4 is 0 Å². The zero-order valence-corrected chi connectivity index (χ0v) is 12.6. The maximum absolute atomic E-state index is 5.97. The molecule has 3 nitrogen and oxygen atoms in total. The van der Waals surface area contributed by atoms with Crippen LogP contribution in [0.1, 0.15) is 30.0 Å². The summed E-state index contributed by atoms with van der Waals surface area (Å²) in [4.78, 5) is 2.53. The van der Waals surface area contributed by atoms with Gasteiger partial charge < -0.3 is 0 Å². The van der Waals surface area contributed by atoms with Crippen molar-refractivity contribution in [2.75, 3.05) is 13.1 Å². The molecule has 1 fully saturated rings. The van der Waals surface area contributed by atoms with Crippen LogP contribution in [0.25, 0.3) is 0 Å². The molecule has 0 saturated carbocycles. The van der Waals surface area contributed by atoms with E-state index in [4.69, 9.17) is 11.6 Å². The Morgan fingerprint density at radius 2 is 2.05 bits per heavy atom. The zero-order chi connectivity index (χ0) is 13.9. The highest BCUT2D eigenvalue weighted by molar-refractivity contribution is 6.30. The van der Waals surface area contributed by atoms with Crippen molar-refractivity contribution in [3.63, 3.8) is 0 Å². The van der Waals surface area contributed by atoms with E-state index in [1.54, 1.807) is 0 Å². The molecule has 0 N–H and O–H groups in total. The number of benzene rings is 1. The van der Waals surface area contributed by atoms with Crippen LogP contribution in [0.15, 0.2) is 36.5 Å². The van der Waals surface area contributed by atoms with Crippen molar-refractivity contribution >= 4 is 11.6 Å². The molecule has 0 aliphatic carbocycles. The zero-order valence-electron chi connectivity index (χ0n) is 11.8. The minimum Gasteiger partial charge on any atom is -0.297 e. The number of nitrogens with zero attached hydrogens (tertiary/aromatic N) is 3. The highest BCUT2D eigenvalue weighted by Crippen LogP contribution is 2.28. The molecule has 0 spiro atoms. The van der Waals surface area contributed by atoms with E-state index in [2.05, 4.69) is 28.2 Å². The van der Waals surface area contributed by atoms with Crippen molar-refractivity contribution in [3.8, 4) is 0 Å². The average Bonchev–Trinajstić information content (AvgIpc) is 2.85. The van der Waals surface area contributed by atoms with Crippen molar-refractivity contribution in [2.45, 2.75) is 25.3 Å². The molecule has 2 aromatic rings. The second-order valence-electron chi connectivity index (χ2n) is 5.57. The van der Waals surface area contributed by atoms with Gasteiger partial charge in [-0.2, -0.15) is 5.10 Å². The molecule has 0 amide bonds. The third-order valence-corrected chi connectivity index (χ3v) is 4.41. The van der Waals surface area contributed by atoms with Gasteiger partial charge in [-0.3, -0.25) is 9.58 Å². The van der Waals surface area contributed by atoms with Crippen LogP contribution in [0.3, 0.4) is 0 Å². The highest BCUT2D eigenvalue weighted by atomic mass is 35.5. The summed E-state index contributed by atoms with van der Waals surface area (Å²) >= 11 is 5.97. The Morgan fingerprint density at radius 1 is 1.25 bits per heavy atom. The van der Waals surface area contributed by atoms with Crippen molar-refractivity contribution in [2.24, 2.45) is 7.05 Å². The van der Waals surface area contributed by atoms with Crippen LogP contribution >= 0.6 is 11.6 Å². The summed E-state index contributed by atoms with van der Waals surface area (Å²) in [5, 5.41) is 5.06. The monoisotopic (exact) mass is 289 g/mol. The van der Waals surface area contributed by atoms with Gasteiger partial charge in [0.2, 0.25) is 0 Å². The Balaban J connectivity index is 1.67. The van der Waals surface area contributed by atoms with Crippen LogP contribution in [-0.2, 0) is 13.6 Å². The van der Waals surface area contributed by atoms with Crippen LogP contribution in [0.4, 0.5) is 0 Å². The Kier molecular flexibility index (Phi) is 4.08. The van der Waals surface area contributed by atoms with Gasteiger partial charge in [0.1, 0.15) is 0 Å². The maximum Gasteiger partial charge on any atom is 0.0521 e. The fourth-order valence-corrected chi connectivity index (χ4v) is 3.12. The molecule has 1 atom stereocenters. The van der Waals surface area contributed by atoms with Crippen LogP contribution in [0, 0.1) is 0 Å². The molecule has 4 heteroatoms. The Bertz CT molecular complexity index is 561. The third kappa shape index (κ3) is 3.05. The maximum atomic E-state index is 5.97. The van der Waals surface area contributed by atoms with E-state index in [1.807, 2.05) is 30.1 Å². The van der Waals surface area contributed by atoms with Crippen LogP contribution in [-0.4, -0.2) is 27.8 Å². The summed E-state index contributed by atoms with van der Waals surface area (Å²) in [6.45, 7) is 3.28. The Hall–Kier alpha value is -1.32. The van der Waals surface area contributed by atoms with Gasteiger partial charge in [0.05, 0.1) is 5.69 Å². The van der Waals surface area contributed by atoms with E-state index in [1.165, 1.54) is 30.6 Å². The molecular weight excluding hydrogens is 270 g/mol. The van der Waals surface area contributed by atoms with Crippen molar-refractivity contribution in [1.82, 2.24) is 14.7 Å². The van der Waals surface area contributed by atoms with E-state index >= 15 is 0 Å². The summed E-state index contributed by atoms with van der Waals surface area (Å²) < 4.78 is 1.96. The van der Waals surface area contributed by atoms with Gasteiger partial charge in [-0.25, -0.2) is 0 Å². The van der Waals surface area contributed by atoms with E-state index in [0.717, 1.165) is 18.1 Å². The first-order valence-electron chi connectivity index (χ1n) is 7.17. The minimum absolute atomic E-state index is 0.620. The lowest BCUT2D eigenvalue weighted by molar-refractivity contribution is 0.196. The predicted molar refractivity (Wildman–Crippen MR) is 81.9 cm³/mol. The van der Waals surface area contributed by atoms with E-state index in [0.29, 0.717) is 5.92 Å². The van der Waals surface area contributed by atoms with Gasteiger partial charge in [-0.15, -0.1) is 0 Å². The summed E-state index contributed by atoms with van der Waals surface area (Å²) in [6, 6.07) is 10.4. The number of piperidine rings is 1. The molecule has 3 rings (SSSR count). The summed E-state index contributed by atoms with van der Waals surface area (Å²) in [6.07, 6.45) is 4.39. The fraction of sp³-hybridized carbons (Fsp3) is 0.438. The molecule has 1 aromatic heterocycles. The number of hydrogen-bond donors (Lipinski definition) is 0. The van der Waals surface area contributed by atoms with Gasteiger partial charge in [0.15, 0.2) is 0 Å². The molecule has 1 saturated heterocycles. The number of rotatable bonds is 3. The first-order chi connectivity index (χ1) is 9.72. The third-order valence-electron chi connectivity index (χ3n) is 4.15. The molecule has 106 valence electrons. The largest absolute Gasteiger partial charge is 0.297 e. The van der Waals surface area contributed by atoms with Crippen LogP contribution in [0.5, 0.6) is 0 Å². The summed E-state index contributed by atoms with van der Waals surface area (Å²) in [7, 11) is 2.01. The van der Waals surface area contributed by atoms with Gasteiger partial charge in [0.25, 0.3) is 0 Å². The molecule has 0 bridgehead atoms. The van der Waals surface area contributed by atoms with Crippen LogP contribution in [0.2, 0.25) is 5.02 Å². The second-order valence-corrected chi connectivity index (χ2v) is 6.01. The molecule has 1 aromatic carbocycles. The lowest BCUT2D eigenvalue weighted by Crippen LogP contribution is -2.34. The number of hydrogen-bond acceptors (Lipinski definition) is 2. The van der Waals surface area contributed by atoms with Gasteiger partial charge >= 0.3 is 0 Å². The first-order valence-corrected chi connectivity index (χ1v) is 7.55. The van der Waals surface area contributed by atoms with E-state index in [-0.39, 0.29) is 0 Å². The van der Waals surface area contributed by atoms with Gasteiger partial charge in [-0.05, 0) is 49.1 Å². The normalized spacial score (nSPS) is 20.2. The quantitative estimate of drug-likeness (QED) is 0.863. The SMILES string of the molecule is Cn1nccc1CN1CCC[C@@H](c2ccc(Cl)cc2)C1. The fourth-order valence-electron chi connectivity index (χ4n) is 2.99. The Morgan fingerprint density at radius 3 is 2.75 bits per heavy atom. The van der Waals surface area contributed by atoms with Gasteiger partial charge in [0, 0.05) is 31.4 Å². The number of aryl methyl sites for hydroxylation is 1. The first kappa shape index (κ1) is 13.7. The Labute approximate surface area is 125 Å². The van der Waals surface area contributed by atoms with Crippen molar-refractivity contribution in [1.29, 1.82) is 0 Å². The molecule has 0 unspecified atom stereocenters. The molecule has 1 aliphatic rings. The predicted octanol–water partition coefficient (Wildman–Crippen LogP) is 3.45. The standard InChI is InChI=1S/C16H20ClN3/c1-19-16(8-9-18-19)12-20-10-2-3-14(11-20)13-4-6-15(17)7-5-13/h4-9,14H,2-3,10-12H2,1H3/t14-/m1/s1. The average molecular weight is 290 g/mol. The molecule has 1 aliphatic heterocycles. The van der Waals surface area contributed by atoms with Crippen molar-refractivity contribution in [3.05, 3.63) is 52.8 Å². The lowest BCUT2D eigenvalue weighted by atomic mass is 9.90.